The molecule has 2 aromatic heterocycles. The minimum Gasteiger partial charge on any atom is -0.353 e. The number of H-pyrrole nitrogens is 2. The van der Waals surface area contributed by atoms with Gasteiger partial charge in [-0.15, -0.1) is 0 Å². The quantitative estimate of drug-likeness (QED) is 0.194. The van der Waals surface area contributed by atoms with Crippen LogP contribution in [0.15, 0.2) is 55.8 Å². The van der Waals surface area contributed by atoms with Crippen molar-refractivity contribution in [2.45, 2.75) is 9.79 Å². The van der Waals surface area contributed by atoms with Crippen LogP contribution in [0.4, 0.5) is 0 Å². The molecule has 0 spiro atoms. The van der Waals surface area contributed by atoms with Gasteiger partial charge in [0, 0.05) is 21.5 Å². The molecule has 5 aromatic rings. The maximum absolute atomic E-state index is 13.2. The molecule has 14 heteroatoms. The lowest BCUT2D eigenvalue weighted by molar-refractivity contribution is 0.481. The Balaban J connectivity index is 2.01. The van der Waals surface area contributed by atoms with Crippen LogP contribution in [-0.4, -0.2) is 35.9 Å². The summed E-state index contributed by atoms with van der Waals surface area (Å²) < 4.78 is 66.7. The molecule has 0 saturated heterocycles. The highest BCUT2D eigenvalue weighted by molar-refractivity contribution is 7.86. The first-order valence-corrected chi connectivity index (χ1v) is 12.8. The van der Waals surface area contributed by atoms with Crippen LogP contribution >= 0.6 is 23.2 Å². The Labute approximate surface area is 199 Å². The summed E-state index contributed by atoms with van der Waals surface area (Å²) in [5, 5.41) is -0.793. The zero-order valence-corrected chi connectivity index (χ0v) is 19.5. The Hall–Kier alpha value is -3.00. The van der Waals surface area contributed by atoms with E-state index in [0.717, 1.165) is 12.1 Å². The van der Waals surface area contributed by atoms with Crippen LogP contribution in [0, 0.1) is 0 Å². The van der Waals surface area contributed by atoms with E-state index in [2.05, 4.69) is 9.97 Å². The molecule has 0 bridgehead atoms. The minimum absolute atomic E-state index is 0.0223. The van der Waals surface area contributed by atoms with Crippen molar-refractivity contribution in [2.75, 3.05) is 0 Å². The number of aromatic amines is 2. The molecule has 5 rings (SSSR count). The molecule has 3 aromatic carbocycles. The van der Waals surface area contributed by atoms with Gasteiger partial charge in [-0.05, 0) is 36.4 Å². The normalized spacial score (nSPS) is 12.8. The average molecular weight is 541 g/mol. The van der Waals surface area contributed by atoms with Crippen molar-refractivity contribution < 1.29 is 25.9 Å². The first kappa shape index (κ1) is 22.8. The monoisotopic (exact) mass is 540 g/mol. The molecule has 0 amide bonds. The number of hydrogen-bond acceptors (Lipinski definition) is 6. The van der Waals surface area contributed by atoms with Gasteiger partial charge in [0.2, 0.25) is 0 Å². The van der Waals surface area contributed by atoms with E-state index in [1.807, 2.05) is 0 Å². The molecule has 0 aliphatic carbocycles. The van der Waals surface area contributed by atoms with E-state index in [4.69, 9.17) is 23.2 Å². The van der Waals surface area contributed by atoms with Crippen LogP contribution in [0.1, 0.15) is 0 Å². The van der Waals surface area contributed by atoms with Gasteiger partial charge in [-0.25, -0.2) is 0 Å². The van der Waals surface area contributed by atoms with E-state index in [1.165, 1.54) is 24.3 Å². The molecule has 0 aliphatic heterocycles. The van der Waals surface area contributed by atoms with Gasteiger partial charge in [-0.2, -0.15) is 16.8 Å². The number of hydrogen-bond donors (Lipinski definition) is 4. The first-order chi connectivity index (χ1) is 15.8. The first-order valence-electron chi connectivity index (χ1n) is 9.20. The third-order valence-electron chi connectivity index (χ3n) is 5.39. The van der Waals surface area contributed by atoms with Crippen molar-refractivity contribution in [1.29, 1.82) is 0 Å². The second kappa shape index (κ2) is 7.25. The van der Waals surface area contributed by atoms with Crippen LogP contribution in [0.5, 0.6) is 0 Å². The number of rotatable bonds is 2. The summed E-state index contributed by atoms with van der Waals surface area (Å²) in [6, 6.07) is 7.39. The number of fused-ring (bicyclic) bond motifs is 4. The van der Waals surface area contributed by atoms with Gasteiger partial charge in [0.1, 0.15) is 9.79 Å². The topological polar surface area (TPSA) is 174 Å². The van der Waals surface area contributed by atoms with E-state index in [-0.39, 0.29) is 53.7 Å². The summed E-state index contributed by atoms with van der Waals surface area (Å²) in [5.74, 6) is 0. The van der Waals surface area contributed by atoms with Crippen molar-refractivity contribution in [3.8, 4) is 0 Å². The fraction of sp³-hybridized carbons (Fsp3) is 0. The van der Waals surface area contributed by atoms with Crippen molar-refractivity contribution in [2.24, 2.45) is 0 Å². The maximum atomic E-state index is 13.2. The molecule has 174 valence electrons. The molecule has 10 nitrogen and oxygen atoms in total. The van der Waals surface area contributed by atoms with Crippen molar-refractivity contribution in [1.82, 2.24) is 9.97 Å². The molecule has 0 aliphatic rings. The highest BCUT2D eigenvalue weighted by Crippen LogP contribution is 2.32. The van der Waals surface area contributed by atoms with Gasteiger partial charge in [-0.3, -0.25) is 18.7 Å². The summed E-state index contributed by atoms with van der Waals surface area (Å²) in [6.45, 7) is 0. The summed E-state index contributed by atoms with van der Waals surface area (Å²) in [4.78, 5) is 30.4. The number of halogens is 2. The predicted molar refractivity (Wildman–Crippen MR) is 127 cm³/mol. The molecule has 0 saturated carbocycles. The van der Waals surface area contributed by atoms with Crippen LogP contribution in [0.3, 0.4) is 0 Å². The molecule has 2 heterocycles. The Morgan fingerprint density at radius 2 is 0.971 bits per heavy atom. The van der Waals surface area contributed by atoms with Crippen molar-refractivity contribution >= 4 is 87.0 Å². The molecule has 0 fully saturated rings. The number of aromatic nitrogens is 2. The van der Waals surface area contributed by atoms with Crippen LogP contribution in [0.2, 0.25) is 10.0 Å². The lowest BCUT2D eigenvalue weighted by Crippen LogP contribution is -2.11. The average Bonchev–Trinajstić information content (AvgIpc) is 2.71. The van der Waals surface area contributed by atoms with Crippen LogP contribution < -0.4 is 10.9 Å². The van der Waals surface area contributed by atoms with E-state index < -0.39 is 40.9 Å². The van der Waals surface area contributed by atoms with Gasteiger partial charge in [0.25, 0.3) is 20.2 Å². The zero-order chi connectivity index (χ0) is 24.7. The molecule has 4 N–H and O–H groups in total. The Bertz CT molecular complexity index is 1930. The largest absolute Gasteiger partial charge is 0.353 e. The van der Waals surface area contributed by atoms with Gasteiger partial charge in [0.05, 0.1) is 32.1 Å². The summed E-state index contributed by atoms with van der Waals surface area (Å²) in [5.41, 5.74) is -1.66. The Morgan fingerprint density at radius 3 is 1.29 bits per heavy atom. The fourth-order valence-corrected chi connectivity index (χ4v) is 6.35. The highest BCUT2D eigenvalue weighted by Gasteiger charge is 2.23. The van der Waals surface area contributed by atoms with Crippen molar-refractivity contribution in [3.63, 3.8) is 0 Å². The number of nitrogens with one attached hydrogen (secondary N) is 2. The molecule has 0 atom stereocenters. The summed E-state index contributed by atoms with van der Waals surface area (Å²) in [6.07, 6.45) is 0. The van der Waals surface area contributed by atoms with Gasteiger partial charge >= 0.3 is 0 Å². The SMILES string of the molecule is O=c1c2cc3[nH]c4c(S(=O)(=O)O)c(Cl)ccc4c(=O)c3cc2[nH]c2c(S(=O)(=O)O)c(Cl)ccc12. The lowest BCUT2D eigenvalue weighted by Gasteiger charge is -2.11. The van der Waals surface area contributed by atoms with E-state index in [9.17, 15) is 35.5 Å². The van der Waals surface area contributed by atoms with Gasteiger partial charge in [-0.1, -0.05) is 23.2 Å². The third-order valence-corrected chi connectivity index (χ3v) is 8.12. The molecule has 0 unspecified atom stereocenters. The third kappa shape index (κ3) is 3.30. The second-order valence-electron chi connectivity index (χ2n) is 7.40. The minimum atomic E-state index is -4.81. The molecular weight excluding hydrogens is 531 g/mol. The highest BCUT2D eigenvalue weighted by atomic mass is 35.5. The maximum Gasteiger partial charge on any atom is 0.298 e. The standard InChI is InChI=1S/C20H10Cl2N2O8S2/c21-11-3-1-7-15(19(11)33(27,28)29)23-13-6-10-14(5-9(13)17(7)25)24-16-8(18(10)26)2-4-12(22)20(16)34(30,31)32/h1-6H,(H,23,25)(H,24,26)(H,27,28,29)(H,30,31,32). The van der Waals surface area contributed by atoms with E-state index in [1.54, 1.807) is 0 Å². The smallest absolute Gasteiger partial charge is 0.298 e. The molecule has 34 heavy (non-hydrogen) atoms. The number of pyridine rings is 2. The lowest BCUT2D eigenvalue weighted by atomic mass is 10.1. The van der Waals surface area contributed by atoms with Crippen molar-refractivity contribution in [3.05, 3.63) is 66.9 Å². The Morgan fingerprint density at radius 1 is 0.618 bits per heavy atom. The summed E-state index contributed by atoms with van der Waals surface area (Å²) in [7, 11) is -9.62. The second-order valence-corrected chi connectivity index (χ2v) is 10.9. The molecular formula is C20H10Cl2N2O8S2. The number of benzene rings is 3. The zero-order valence-electron chi connectivity index (χ0n) is 16.4. The van der Waals surface area contributed by atoms with E-state index >= 15 is 0 Å². The predicted octanol–water partition coefficient (Wildman–Crippen LogP) is 3.48. The van der Waals surface area contributed by atoms with E-state index in [0.29, 0.717) is 0 Å². The Kier molecular flexibility index (Phi) is 4.86. The van der Waals surface area contributed by atoms with Gasteiger partial charge < -0.3 is 9.97 Å². The van der Waals surface area contributed by atoms with Crippen LogP contribution in [-0.2, 0) is 20.2 Å². The van der Waals surface area contributed by atoms with Gasteiger partial charge in [0.15, 0.2) is 10.9 Å². The van der Waals surface area contributed by atoms with Crippen LogP contribution in [0.25, 0.3) is 43.6 Å². The molecule has 0 radical (unpaired) electrons. The summed E-state index contributed by atoms with van der Waals surface area (Å²) >= 11 is 11.9. The fourth-order valence-electron chi connectivity index (χ4n) is 3.99.